The topological polar surface area (TPSA) is 77.0 Å². The van der Waals surface area contributed by atoms with E-state index in [0.29, 0.717) is 34.7 Å². The molecule has 0 saturated heterocycles. The first-order valence-electron chi connectivity index (χ1n) is 11.0. The molecule has 0 aliphatic rings. The molecular weight excluding hydrogens is 528 g/mol. The maximum atomic E-state index is 12.5. The van der Waals surface area contributed by atoms with E-state index in [2.05, 4.69) is 44.1 Å². The second-order valence-corrected chi connectivity index (χ2v) is 10.4. The van der Waals surface area contributed by atoms with E-state index in [4.69, 9.17) is 9.47 Å². The van der Waals surface area contributed by atoms with Gasteiger partial charge < -0.3 is 9.47 Å². The van der Waals surface area contributed by atoms with Crippen LogP contribution in [-0.2, 0) is 16.6 Å². The van der Waals surface area contributed by atoms with E-state index in [9.17, 15) is 8.42 Å². The predicted octanol–water partition coefficient (Wildman–Crippen LogP) is 6.20. The first-order valence-corrected chi connectivity index (χ1v) is 13.3. The Hall–Kier alpha value is -3.36. The van der Waals surface area contributed by atoms with Gasteiger partial charge in [0.2, 0.25) is 0 Å². The van der Waals surface area contributed by atoms with E-state index in [1.807, 2.05) is 38.1 Å². The molecule has 4 aromatic rings. The van der Waals surface area contributed by atoms with E-state index >= 15 is 0 Å². The molecule has 0 saturated carbocycles. The van der Waals surface area contributed by atoms with Gasteiger partial charge in [0.15, 0.2) is 11.5 Å². The summed E-state index contributed by atoms with van der Waals surface area (Å²) in [6.45, 7) is 4.59. The van der Waals surface area contributed by atoms with Crippen molar-refractivity contribution in [1.82, 2.24) is 4.83 Å². The first-order chi connectivity index (χ1) is 16.9. The molecule has 0 atom stereocenters. The van der Waals surface area contributed by atoms with Crippen molar-refractivity contribution in [2.24, 2.45) is 5.10 Å². The van der Waals surface area contributed by atoms with Crippen molar-refractivity contribution in [2.45, 2.75) is 25.3 Å². The number of ether oxygens (including phenoxy) is 2. The molecule has 6 nitrogen and oxygen atoms in total. The largest absolute Gasteiger partial charge is 0.490 e. The van der Waals surface area contributed by atoms with Gasteiger partial charge in [-0.25, -0.2) is 4.83 Å². The third kappa shape index (κ3) is 6.01. The maximum absolute atomic E-state index is 12.5. The van der Waals surface area contributed by atoms with E-state index in [1.165, 1.54) is 6.21 Å². The fraction of sp³-hybridized carbons (Fsp3) is 0.148. The Morgan fingerprint density at radius 3 is 2.49 bits per heavy atom. The number of nitrogens with zero attached hydrogens (tertiary/aromatic N) is 1. The highest BCUT2D eigenvalue weighted by Crippen LogP contribution is 2.37. The van der Waals surface area contributed by atoms with E-state index < -0.39 is 10.0 Å². The zero-order valence-corrected chi connectivity index (χ0v) is 21.8. The van der Waals surface area contributed by atoms with Crippen LogP contribution in [0, 0.1) is 6.92 Å². The number of benzene rings is 4. The van der Waals surface area contributed by atoms with Crippen LogP contribution in [0.3, 0.4) is 0 Å². The molecule has 0 fully saturated rings. The lowest BCUT2D eigenvalue weighted by Crippen LogP contribution is -2.18. The summed E-state index contributed by atoms with van der Waals surface area (Å²) in [5.74, 6) is 1.10. The lowest BCUT2D eigenvalue weighted by Gasteiger charge is -2.15. The van der Waals surface area contributed by atoms with Crippen molar-refractivity contribution >= 4 is 42.9 Å². The van der Waals surface area contributed by atoms with Crippen molar-refractivity contribution in [3.8, 4) is 11.5 Å². The van der Waals surface area contributed by atoms with Crippen LogP contribution in [0.4, 0.5) is 0 Å². The molecule has 0 aliphatic carbocycles. The molecule has 35 heavy (non-hydrogen) atoms. The minimum Gasteiger partial charge on any atom is -0.490 e. The van der Waals surface area contributed by atoms with Crippen LogP contribution in [0.5, 0.6) is 11.5 Å². The molecule has 1 N–H and O–H groups in total. The highest BCUT2D eigenvalue weighted by atomic mass is 79.9. The Balaban J connectivity index is 1.53. The van der Waals surface area contributed by atoms with Crippen LogP contribution in [0.1, 0.15) is 23.6 Å². The first kappa shape index (κ1) is 24.8. The summed E-state index contributed by atoms with van der Waals surface area (Å²) >= 11 is 3.56. The van der Waals surface area contributed by atoms with Gasteiger partial charge in [-0.1, -0.05) is 60.2 Å². The SMILES string of the molecule is CCOc1cc(/C=N\NS(=O)(=O)c2ccc(C)cc2)cc(Br)c1OCc1cccc2ccccc12. The van der Waals surface area contributed by atoms with Crippen LogP contribution in [0.25, 0.3) is 10.8 Å². The van der Waals surface area contributed by atoms with E-state index in [-0.39, 0.29) is 4.90 Å². The Labute approximate surface area is 213 Å². The number of fused-ring (bicyclic) bond motifs is 1. The van der Waals surface area contributed by atoms with Crippen molar-refractivity contribution < 1.29 is 17.9 Å². The molecule has 0 spiro atoms. The van der Waals surface area contributed by atoms with Crippen LogP contribution in [0.2, 0.25) is 0 Å². The normalized spacial score (nSPS) is 11.6. The zero-order valence-electron chi connectivity index (χ0n) is 19.4. The zero-order chi connectivity index (χ0) is 24.8. The van der Waals surface area contributed by atoms with E-state index in [1.54, 1.807) is 36.4 Å². The number of nitrogens with one attached hydrogen (secondary N) is 1. The molecule has 8 heteroatoms. The molecule has 0 bridgehead atoms. The number of aryl methyl sites for hydroxylation is 1. The monoisotopic (exact) mass is 552 g/mol. The summed E-state index contributed by atoms with van der Waals surface area (Å²) in [5, 5.41) is 6.22. The van der Waals surface area contributed by atoms with Crippen LogP contribution in [0.15, 0.2) is 93.3 Å². The van der Waals surface area contributed by atoms with Crippen molar-refractivity contribution in [3.05, 3.63) is 100 Å². The number of hydrogen-bond acceptors (Lipinski definition) is 5. The highest BCUT2D eigenvalue weighted by molar-refractivity contribution is 9.10. The molecule has 0 amide bonds. The van der Waals surface area contributed by atoms with Gasteiger partial charge in [-0.2, -0.15) is 13.5 Å². The summed E-state index contributed by atoms with van der Waals surface area (Å²) < 4.78 is 37.6. The third-order valence-corrected chi connectivity index (χ3v) is 7.13. The third-order valence-electron chi connectivity index (χ3n) is 5.30. The van der Waals surface area contributed by atoms with Crippen LogP contribution >= 0.6 is 15.9 Å². The maximum Gasteiger partial charge on any atom is 0.276 e. The van der Waals surface area contributed by atoms with Gasteiger partial charge in [0.05, 0.1) is 22.2 Å². The fourth-order valence-corrected chi connectivity index (χ4v) is 4.94. The quantitative estimate of drug-likeness (QED) is 0.198. The average Bonchev–Trinajstić information content (AvgIpc) is 2.84. The van der Waals surface area contributed by atoms with Gasteiger partial charge in [0.1, 0.15) is 6.61 Å². The summed E-state index contributed by atoms with van der Waals surface area (Å²) in [6.07, 6.45) is 1.42. The number of hydrogen-bond donors (Lipinski definition) is 1. The van der Waals surface area contributed by atoms with E-state index in [0.717, 1.165) is 21.9 Å². The molecular formula is C27H25BrN2O4S. The molecule has 4 rings (SSSR count). The Morgan fingerprint density at radius 1 is 0.971 bits per heavy atom. The number of sulfonamides is 1. The second kappa shape index (κ2) is 10.9. The Kier molecular flexibility index (Phi) is 7.73. The van der Waals surface area contributed by atoms with Crippen LogP contribution in [-0.4, -0.2) is 21.2 Å². The molecule has 0 unspecified atom stereocenters. The minimum absolute atomic E-state index is 0.147. The second-order valence-electron chi connectivity index (χ2n) is 7.86. The fourth-order valence-electron chi connectivity index (χ4n) is 3.57. The molecule has 4 aromatic carbocycles. The van der Waals surface area contributed by atoms with Gasteiger partial charge >= 0.3 is 0 Å². The minimum atomic E-state index is -3.76. The lowest BCUT2D eigenvalue weighted by molar-refractivity contribution is 0.268. The lowest BCUT2D eigenvalue weighted by atomic mass is 10.1. The Morgan fingerprint density at radius 2 is 1.71 bits per heavy atom. The Bertz CT molecular complexity index is 1460. The number of halogens is 1. The molecule has 0 aliphatic heterocycles. The summed E-state index contributed by atoms with van der Waals surface area (Å²) in [6, 6.07) is 24.4. The van der Waals surface area contributed by atoms with Crippen molar-refractivity contribution in [2.75, 3.05) is 6.61 Å². The summed E-state index contributed by atoms with van der Waals surface area (Å²) in [7, 11) is -3.76. The van der Waals surface area contributed by atoms with Crippen molar-refractivity contribution in [1.29, 1.82) is 0 Å². The standard InChI is InChI=1S/C27H25BrN2O4S/c1-3-33-26-16-20(17-29-30-35(31,32)23-13-11-19(2)12-14-23)15-25(28)27(26)34-18-22-9-6-8-21-7-4-5-10-24(21)22/h4-17,30H,3,18H2,1-2H3/b29-17-. The molecule has 0 aromatic heterocycles. The van der Waals surface area contributed by atoms with Gasteiger partial charge in [-0.05, 0) is 75.9 Å². The van der Waals surface area contributed by atoms with Gasteiger partial charge in [0.25, 0.3) is 10.0 Å². The molecule has 0 radical (unpaired) electrons. The smallest absolute Gasteiger partial charge is 0.276 e. The number of rotatable bonds is 9. The highest BCUT2D eigenvalue weighted by Gasteiger charge is 2.14. The molecule has 0 heterocycles. The molecule has 180 valence electrons. The van der Waals surface area contributed by atoms with Gasteiger partial charge in [0, 0.05) is 0 Å². The van der Waals surface area contributed by atoms with Gasteiger partial charge in [-0.3, -0.25) is 0 Å². The van der Waals surface area contributed by atoms with Crippen LogP contribution < -0.4 is 14.3 Å². The predicted molar refractivity (Wildman–Crippen MR) is 143 cm³/mol. The summed E-state index contributed by atoms with van der Waals surface area (Å²) in [4.78, 5) is 2.39. The van der Waals surface area contributed by atoms with Gasteiger partial charge in [-0.15, -0.1) is 0 Å². The van der Waals surface area contributed by atoms with Crippen molar-refractivity contribution in [3.63, 3.8) is 0 Å². The number of hydrazone groups is 1. The summed E-state index contributed by atoms with van der Waals surface area (Å²) in [5.41, 5.74) is 2.68. The average molecular weight is 553 g/mol.